The Balaban J connectivity index is 1.49. The van der Waals surface area contributed by atoms with Crippen LogP contribution in [0.15, 0.2) is 60.0 Å². The number of rotatable bonds is 8. The maximum Gasteiger partial charge on any atom is 0.336 e. The van der Waals surface area contributed by atoms with Gasteiger partial charge in [0.25, 0.3) is 0 Å². The number of amides is 2. The SMILES string of the molecule is COCCOc1nc(-c2cccs2)n(-c2ccc(NC(=O)Nc3ccc(F)cc3F)cc2)n1. The van der Waals surface area contributed by atoms with E-state index in [4.69, 9.17) is 9.47 Å². The molecule has 2 heterocycles. The Kier molecular flexibility index (Phi) is 6.91. The highest BCUT2D eigenvalue weighted by Gasteiger charge is 2.16. The number of hydrogen-bond acceptors (Lipinski definition) is 6. The van der Waals surface area contributed by atoms with Crippen molar-refractivity contribution in [1.82, 2.24) is 14.8 Å². The number of nitrogens with zero attached hydrogens (tertiary/aromatic N) is 3. The van der Waals surface area contributed by atoms with Crippen molar-refractivity contribution >= 4 is 28.7 Å². The second-order valence-corrected chi connectivity index (χ2v) is 7.65. The van der Waals surface area contributed by atoms with Crippen LogP contribution in [-0.4, -0.2) is 41.1 Å². The zero-order chi connectivity index (χ0) is 23.2. The second-order valence-electron chi connectivity index (χ2n) is 6.70. The quantitative estimate of drug-likeness (QED) is 0.355. The number of ether oxygens (including phenoxy) is 2. The zero-order valence-electron chi connectivity index (χ0n) is 17.4. The van der Waals surface area contributed by atoms with Crippen LogP contribution in [0.1, 0.15) is 0 Å². The van der Waals surface area contributed by atoms with Crippen LogP contribution in [0.2, 0.25) is 0 Å². The highest BCUT2D eigenvalue weighted by Crippen LogP contribution is 2.28. The minimum Gasteiger partial charge on any atom is -0.460 e. The predicted octanol–water partition coefficient (Wildman–Crippen LogP) is 4.94. The number of aromatic nitrogens is 3. The summed E-state index contributed by atoms with van der Waals surface area (Å²) in [7, 11) is 1.58. The number of benzene rings is 2. The van der Waals surface area contributed by atoms with Gasteiger partial charge >= 0.3 is 12.0 Å². The maximum absolute atomic E-state index is 13.7. The molecule has 4 aromatic rings. The van der Waals surface area contributed by atoms with E-state index in [1.807, 2.05) is 17.5 Å². The molecule has 0 saturated heterocycles. The molecule has 2 aromatic heterocycles. The van der Waals surface area contributed by atoms with Gasteiger partial charge in [-0.15, -0.1) is 16.4 Å². The summed E-state index contributed by atoms with van der Waals surface area (Å²) in [5.74, 6) is -0.977. The van der Waals surface area contributed by atoms with Crippen LogP contribution in [0.3, 0.4) is 0 Å². The Morgan fingerprint density at radius 3 is 2.61 bits per heavy atom. The summed E-state index contributed by atoms with van der Waals surface area (Å²) in [5.41, 5.74) is 1.03. The van der Waals surface area contributed by atoms with Crippen molar-refractivity contribution in [3.05, 3.63) is 71.6 Å². The first kappa shape index (κ1) is 22.4. The van der Waals surface area contributed by atoms with Gasteiger partial charge in [0.1, 0.15) is 18.2 Å². The van der Waals surface area contributed by atoms with Crippen molar-refractivity contribution in [3.8, 4) is 22.4 Å². The summed E-state index contributed by atoms with van der Waals surface area (Å²) in [6.07, 6.45) is 0. The Labute approximate surface area is 191 Å². The van der Waals surface area contributed by atoms with E-state index in [9.17, 15) is 13.6 Å². The summed E-state index contributed by atoms with van der Waals surface area (Å²) in [4.78, 5) is 17.6. The third kappa shape index (κ3) is 5.51. The van der Waals surface area contributed by atoms with Crippen molar-refractivity contribution in [3.63, 3.8) is 0 Å². The molecule has 0 aliphatic carbocycles. The second kappa shape index (κ2) is 10.2. The molecule has 2 amide bonds. The van der Waals surface area contributed by atoms with Gasteiger partial charge in [0.2, 0.25) is 0 Å². The van der Waals surface area contributed by atoms with Crippen LogP contribution in [0.4, 0.5) is 25.0 Å². The first-order chi connectivity index (χ1) is 16.0. The fourth-order valence-electron chi connectivity index (χ4n) is 2.88. The normalized spacial score (nSPS) is 10.8. The maximum atomic E-state index is 13.7. The van der Waals surface area contributed by atoms with Gasteiger partial charge in [0.15, 0.2) is 5.82 Å². The Morgan fingerprint density at radius 1 is 1.09 bits per heavy atom. The van der Waals surface area contributed by atoms with Crippen LogP contribution >= 0.6 is 11.3 Å². The molecule has 4 rings (SSSR count). The minimum atomic E-state index is -0.865. The van der Waals surface area contributed by atoms with E-state index in [-0.39, 0.29) is 11.7 Å². The van der Waals surface area contributed by atoms with Gasteiger partial charge in [-0.2, -0.15) is 4.98 Å². The molecule has 0 bridgehead atoms. The molecule has 8 nitrogen and oxygen atoms in total. The van der Waals surface area contributed by atoms with Gasteiger partial charge in [-0.3, -0.25) is 0 Å². The predicted molar refractivity (Wildman–Crippen MR) is 121 cm³/mol. The van der Waals surface area contributed by atoms with Crippen LogP contribution in [0, 0.1) is 11.6 Å². The van der Waals surface area contributed by atoms with Crippen LogP contribution in [0.25, 0.3) is 16.4 Å². The summed E-state index contributed by atoms with van der Waals surface area (Å²) in [6, 6.07) is 13.1. The van der Waals surface area contributed by atoms with Crippen LogP contribution in [-0.2, 0) is 4.74 Å². The van der Waals surface area contributed by atoms with E-state index in [1.54, 1.807) is 36.1 Å². The third-order valence-corrected chi connectivity index (χ3v) is 5.26. The molecular formula is C22H19F2N5O3S. The first-order valence-electron chi connectivity index (χ1n) is 9.79. The molecule has 0 radical (unpaired) electrons. The van der Waals surface area contributed by atoms with E-state index < -0.39 is 17.7 Å². The fraction of sp³-hybridized carbons (Fsp3) is 0.136. The molecule has 0 aliphatic rings. The third-order valence-electron chi connectivity index (χ3n) is 4.40. The number of thiophene rings is 1. The number of methoxy groups -OCH3 is 1. The molecule has 33 heavy (non-hydrogen) atoms. The molecule has 11 heteroatoms. The number of carbonyl (C=O) groups excluding carboxylic acids is 1. The topological polar surface area (TPSA) is 90.3 Å². The van der Waals surface area contributed by atoms with Gasteiger partial charge in [0, 0.05) is 18.9 Å². The average molecular weight is 471 g/mol. The number of hydrogen-bond donors (Lipinski definition) is 2. The van der Waals surface area contributed by atoms with E-state index in [2.05, 4.69) is 20.7 Å². The van der Waals surface area contributed by atoms with E-state index >= 15 is 0 Å². The van der Waals surface area contributed by atoms with Crippen LogP contribution in [0.5, 0.6) is 6.01 Å². The van der Waals surface area contributed by atoms with Crippen molar-refractivity contribution in [2.45, 2.75) is 0 Å². The molecule has 0 spiro atoms. The molecule has 0 saturated carbocycles. The molecule has 0 fully saturated rings. The number of urea groups is 1. The molecule has 0 atom stereocenters. The van der Waals surface area contributed by atoms with Gasteiger partial charge in [0.05, 0.1) is 22.9 Å². The lowest BCUT2D eigenvalue weighted by atomic mass is 10.2. The molecule has 0 aliphatic heterocycles. The number of halogens is 2. The first-order valence-corrected chi connectivity index (χ1v) is 10.7. The highest BCUT2D eigenvalue weighted by atomic mass is 32.1. The molecule has 170 valence electrons. The lowest BCUT2D eigenvalue weighted by molar-refractivity contribution is 0.141. The highest BCUT2D eigenvalue weighted by molar-refractivity contribution is 7.13. The summed E-state index contributed by atoms with van der Waals surface area (Å²) in [5, 5.41) is 11.3. The van der Waals surface area contributed by atoms with Crippen molar-refractivity contribution < 1.29 is 23.0 Å². The summed E-state index contributed by atoms with van der Waals surface area (Å²) < 4.78 is 38.9. The van der Waals surface area contributed by atoms with Crippen molar-refractivity contribution in [1.29, 1.82) is 0 Å². The van der Waals surface area contributed by atoms with Crippen molar-refractivity contribution in [2.24, 2.45) is 0 Å². The number of nitrogens with one attached hydrogen (secondary N) is 2. The van der Waals surface area contributed by atoms with E-state index in [1.165, 1.54) is 11.3 Å². The molecule has 2 aromatic carbocycles. The largest absolute Gasteiger partial charge is 0.460 e. The number of anilines is 2. The molecular weight excluding hydrogens is 452 g/mol. The van der Waals surface area contributed by atoms with Gasteiger partial charge in [-0.25, -0.2) is 18.3 Å². The van der Waals surface area contributed by atoms with E-state index in [0.717, 1.165) is 17.0 Å². The molecule has 0 unspecified atom stereocenters. The summed E-state index contributed by atoms with van der Waals surface area (Å²) in [6.45, 7) is 0.726. The fourth-order valence-corrected chi connectivity index (χ4v) is 3.58. The van der Waals surface area contributed by atoms with Gasteiger partial charge < -0.3 is 20.1 Å². The van der Waals surface area contributed by atoms with Crippen molar-refractivity contribution in [2.75, 3.05) is 31.0 Å². The van der Waals surface area contributed by atoms with Crippen LogP contribution < -0.4 is 15.4 Å². The zero-order valence-corrected chi connectivity index (χ0v) is 18.2. The lowest BCUT2D eigenvalue weighted by Gasteiger charge is -2.10. The standard InChI is InChI=1S/C22H19F2N5O3S/c1-31-10-11-32-22-27-20(19-3-2-12-33-19)29(28-22)16-7-5-15(6-8-16)25-21(30)26-18-9-4-14(23)13-17(18)24/h2-9,12-13H,10-11H2,1H3,(H2,25,26,30). The van der Waals surface area contributed by atoms with E-state index in [0.29, 0.717) is 36.5 Å². The van der Waals surface area contributed by atoms with Gasteiger partial charge in [-0.05, 0) is 47.8 Å². The Morgan fingerprint density at radius 2 is 1.91 bits per heavy atom. The Hall–Kier alpha value is -3.83. The van der Waals surface area contributed by atoms with Gasteiger partial charge in [-0.1, -0.05) is 6.07 Å². The monoisotopic (exact) mass is 471 g/mol. The lowest BCUT2D eigenvalue weighted by Crippen LogP contribution is -2.20. The summed E-state index contributed by atoms with van der Waals surface area (Å²) >= 11 is 1.52. The Bertz CT molecular complexity index is 1230. The molecule has 2 N–H and O–H groups in total. The smallest absolute Gasteiger partial charge is 0.336 e. The minimum absolute atomic E-state index is 0.130. The number of carbonyl (C=O) groups is 1. The average Bonchev–Trinajstić information content (AvgIpc) is 3.46.